The first-order valence-electron chi connectivity index (χ1n) is 6.26. The maximum absolute atomic E-state index is 11.7. The van der Waals surface area contributed by atoms with E-state index in [-0.39, 0.29) is 12.1 Å². The van der Waals surface area contributed by atoms with Crippen LogP contribution in [-0.4, -0.2) is 14.9 Å². The normalized spacial score (nSPS) is 12.4. The molecular formula is C15H18N2O2. The summed E-state index contributed by atoms with van der Waals surface area (Å²) in [5, 5.41) is 14.3. The number of nitrogens with zero attached hydrogens (tertiary/aromatic N) is 2. The van der Waals surface area contributed by atoms with Crippen molar-refractivity contribution >= 4 is 0 Å². The quantitative estimate of drug-likeness (QED) is 0.914. The highest BCUT2D eigenvalue weighted by atomic mass is 16.3. The van der Waals surface area contributed by atoms with Gasteiger partial charge in [0.1, 0.15) is 0 Å². The number of hydrogen-bond donors (Lipinski definition) is 1. The van der Waals surface area contributed by atoms with Gasteiger partial charge in [0.25, 0.3) is 5.56 Å². The molecule has 0 radical (unpaired) electrons. The van der Waals surface area contributed by atoms with Gasteiger partial charge in [-0.25, -0.2) is 4.68 Å². The third-order valence-electron chi connectivity index (χ3n) is 3.14. The molecule has 19 heavy (non-hydrogen) atoms. The Labute approximate surface area is 112 Å². The molecule has 1 N–H and O–H groups in total. The molecule has 1 unspecified atom stereocenters. The van der Waals surface area contributed by atoms with Gasteiger partial charge in [-0.15, -0.1) is 0 Å². The van der Waals surface area contributed by atoms with Crippen LogP contribution in [0.3, 0.4) is 0 Å². The molecule has 0 aliphatic heterocycles. The van der Waals surface area contributed by atoms with E-state index in [1.165, 1.54) is 10.7 Å². The van der Waals surface area contributed by atoms with E-state index < -0.39 is 6.10 Å². The summed E-state index contributed by atoms with van der Waals surface area (Å²) >= 11 is 0. The first-order chi connectivity index (χ1) is 8.97. The number of aliphatic hydroxyl groups excluding tert-OH is 1. The minimum absolute atomic E-state index is 0.170. The van der Waals surface area contributed by atoms with Crippen LogP contribution in [0, 0.1) is 20.8 Å². The molecule has 0 fully saturated rings. The van der Waals surface area contributed by atoms with E-state index in [2.05, 4.69) is 5.10 Å². The molecule has 1 heterocycles. The van der Waals surface area contributed by atoms with Gasteiger partial charge in [0.2, 0.25) is 0 Å². The van der Waals surface area contributed by atoms with Crippen molar-refractivity contribution in [3.05, 3.63) is 63.1 Å². The van der Waals surface area contributed by atoms with Gasteiger partial charge in [-0.2, -0.15) is 5.10 Å². The standard InChI is InChI=1S/C15H18N2O2/c1-10-4-5-13(12(3)6-10)14(18)9-17-15(19)7-11(2)8-16-17/h4-8,14,18H,9H2,1-3H3. The molecule has 1 atom stereocenters. The molecule has 2 aromatic rings. The highest BCUT2D eigenvalue weighted by Gasteiger charge is 2.12. The molecule has 0 bridgehead atoms. The lowest BCUT2D eigenvalue weighted by atomic mass is 10.0. The zero-order valence-corrected chi connectivity index (χ0v) is 11.4. The van der Waals surface area contributed by atoms with E-state index >= 15 is 0 Å². The highest BCUT2D eigenvalue weighted by molar-refractivity contribution is 5.31. The van der Waals surface area contributed by atoms with Crippen molar-refractivity contribution in [1.82, 2.24) is 9.78 Å². The summed E-state index contributed by atoms with van der Waals surface area (Å²) in [7, 11) is 0. The zero-order valence-electron chi connectivity index (χ0n) is 11.4. The second-order valence-electron chi connectivity index (χ2n) is 4.93. The topological polar surface area (TPSA) is 55.1 Å². The van der Waals surface area contributed by atoms with Gasteiger partial charge in [0.15, 0.2) is 0 Å². The fraction of sp³-hybridized carbons (Fsp3) is 0.333. The van der Waals surface area contributed by atoms with Crippen LogP contribution in [-0.2, 0) is 6.54 Å². The summed E-state index contributed by atoms with van der Waals surface area (Å²) in [5.74, 6) is 0. The summed E-state index contributed by atoms with van der Waals surface area (Å²) in [5.41, 5.74) is 3.64. The van der Waals surface area contributed by atoms with Crippen LogP contribution in [0.15, 0.2) is 35.3 Å². The molecule has 0 saturated carbocycles. The molecule has 0 saturated heterocycles. The van der Waals surface area contributed by atoms with E-state index in [0.29, 0.717) is 0 Å². The molecule has 2 rings (SSSR count). The maximum atomic E-state index is 11.7. The van der Waals surface area contributed by atoms with Crippen LogP contribution >= 0.6 is 0 Å². The Morgan fingerprint density at radius 2 is 1.95 bits per heavy atom. The molecule has 0 aliphatic rings. The average molecular weight is 258 g/mol. The van der Waals surface area contributed by atoms with Gasteiger partial charge in [-0.3, -0.25) is 4.79 Å². The maximum Gasteiger partial charge on any atom is 0.267 e. The van der Waals surface area contributed by atoms with Crippen LogP contribution in [0.1, 0.15) is 28.4 Å². The van der Waals surface area contributed by atoms with Gasteiger partial charge in [0, 0.05) is 6.07 Å². The molecule has 0 aliphatic carbocycles. The summed E-state index contributed by atoms with van der Waals surface area (Å²) in [6.45, 7) is 5.95. The number of hydrogen-bond acceptors (Lipinski definition) is 3. The predicted octanol–water partition coefficient (Wildman–Crippen LogP) is 1.90. The molecule has 1 aromatic heterocycles. The SMILES string of the molecule is Cc1ccc(C(O)Cn2ncc(C)cc2=O)c(C)c1. The van der Waals surface area contributed by atoms with Gasteiger partial charge < -0.3 is 5.11 Å². The minimum atomic E-state index is -0.728. The van der Waals surface area contributed by atoms with Crippen LogP contribution < -0.4 is 5.56 Å². The molecule has 4 nitrogen and oxygen atoms in total. The second-order valence-corrected chi connectivity index (χ2v) is 4.93. The largest absolute Gasteiger partial charge is 0.386 e. The fourth-order valence-electron chi connectivity index (χ4n) is 2.12. The van der Waals surface area contributed by atoms with Crippen molar-refractivity contribution in [2.45, 2.75) is 33.4 Å². The Hall–Kier alpha value is -1.94. The lowest BCUT2D eigenvalue weighted by Gasteiger charge is -2.15. The lowest BCUT2D eigenvalue weighted by Crippen LogP contribution is -2.25. The predicted molar refractivity (Wildman–Crippen MR) is 74.1 cm³/mol. The first kappa shape index (κ1) is 13.5. The Morgan fingerprint density at radius 3 is 2.58 bits per heavy atom. The summed E-state index contributed by atoms with van der Waals surface area (Å²) < 4.78 is 1.29. The minimum Gasteiger partial charge on any atom is -0.386 e. The van der Waals surface area contributed by atoms with Crippen LogP contribution in [0.5, 0.6) is 0 Å². The third kappa shape index (κ3) is 3.09. The fourth-order valence-corrected chi connectivity index (χ4v) is 2.12. The zero-order chi connectivity index (χ0) is 14.0. The van der Waals surface area contributed by atoms with Crippen molar-refractivity contribution in [2.75, 3.05) is 0 Å². The Bertz CT molecular complexity index is 647. The van der Waals surface area contributed by atoms with E-state index in [4.69, 9.17) is 0 Å². The van der Waals surface area contributed by atoms with E-state index in [9.17, 15) is 9.90 Å². The molecule has 4 heteroatoms. The Balaban J connectivity index is 2.25. The Kier molecular flexibility index (Phi) is 3.81. The van der Waals surface area contributed by atoms with Gasteiger partial charge in [0.05, 0.1) is 18.8 Å². The monoisotopic (exact) mass is 258 g/mol. The number of rotatable bonds is 3. The van der Waals surface area contributed by atoms with Crippen molar-refractivity contribution < 1.29 is 5.11 Å². The first-order valence-corrected chi connectivity index (χ1v) is 6.26. The summed E-state index contributed by atoms with van der Waals surface area (Å²) in [6, 6.07) is 7.39. The number of benzene rings is 1. The van der Waals surface area contributed by atoms with Gasteiger partial charge in [-0.1, -0.05) is 23.8 Å². The second kappa shape index (κ2) is 5.36. The van der Waals surface area contributed by atoms with E-state index in [1.807, 2.05) is 39.0 Å². The molecule has 100 valence electrons. The molecule has 1 aromatic carbocycles. The summed E-state index contributed by atoms with van der Waals surface area (Å²) in [6.07, 6.45) is 0.893. The highest BCUT2D eigenvalue weighted by Crippen LogP contribution is 2.19. The van der Waals surface area contributed by atoms with Crippen LogP contribution in [0.25, 0.3) is 0 Å². The molecular weight excluding hydrogens is 240 g/mol. The molecule has 0 spiro atoms. The Morgan fingerprint density at radius 1 is 1.21 bits per heavy atom. The number of aliphatic hydroxyl groups is 1. The van der Waals surface area contributed by atoms with Crippen LogP contribution in [0.2, 0.25) is 0 Å². The van der Waals surface area contributed by atoms with Crippen LogP contribution in [0.4, 0.5) is 0 Å². The van der Waals surface area contributed by atoms with Crippen molar-refractivity contribution in [2.24, 2.45) is 0 Å². The van der Waals surface area contributed by atoms with Crippen molar-refractivity contribution in [3.8, 4) is 0 Å². The number of aryl methyl sites for hydroxylation is 3. The third-order valence-corrected chi connectivity index (χ3v) is 3.14. The lowest BCUT2D eigenvalue weighted by molar-refractivity contribution is 0.148. The average Bonchev–Trinajstić information content (AvgIpc) is 2.32. The van der Waals surface area contributed by atoms with E-state index in [0.717, 1.165) is 22.3 Å². The van der Waals surface area contributed by atoms with Crippen molar-refractivity contribution in [3.63, 3.8) is 0 Å². The van der Waals surface area contributed by atoms with E-state index in [1.54, 1.807) is 6.20 Å². The smallest absolute Gasteiger partial charge is 0.267 e. The molecule has 0 amide bonds. The van der Waals surface area contributed by atoms with Gasteiger partial charge >= 0.3 is 0 Å². The van der Waals surface area contributed by atoms with Gasteiger partial charge in [-0.05, 0) is 37.5 Å². The summed E-state index contributed by atoms with van der Waals surface area (Å²) in [4.78, 5) is 11.7. The van der Waals surface area contributed by atoms with Crippen molar-refractivity contribution in [1.29, 1.82) is 0 Å². The number of aromatic nitrogens is 2.